The van der Waals surface area contributed by atoms with Crippen LogP contribution in [0.5, 0.6) is 5.75 Å². The number of hydrogen-bond acceptors (Lipinski definition) is 5. The van der Waals surface area contributed by atoms with Crippen LogP contribution in [-0.2, 0) is 10.2 Å². The average Bonchev–Trinajstić information content (AvgIpc) is 3.49. The summed E-state index contributed by atoms with van der Waals surface area (Å²) >= 11 is 6.97. The molecule has 0 aliphatic carbocycles. The molecule has 0 unspecified atom stereocenters. The van der Waals surface area contributed by atoms with E-state index in [0.29, 0.717) is 27.0 Å². The van der Waals surface area contributed by atoms with Gasteiger partial charge in [-0.05, 0) is 75.1 Å². The van der Waals surface area contributed by atoms with Gasteiger partial charge in [-0.25, -0.2) is 0 Å². The van der Waals surface area contributed by atoms with Crippen molar-refractivity contribution in [2.45, 2.75) is 17.5 Å². The van der Waals surface area contributed by atoms with Crippen molar-refractivity contribution in [1.82, 2.24) is 4.90 Å². The number of ketones is 2. The summed E-state index contributed by atoms with van der Waals surface area (Å²) < 4.78 is 6.85. The van der Waals surface area contributed by atoms with E-state index >= 15 is 0 Å². The molecular formula is C34H24Br2N2O4. The van der Waals surface area contributed by atoms with E-state index in [0.717, 1.165) is 21.2 Å². The fourth-order valence-electron chi connectivity index (χ4n) is 6.95. The van der Waals surface area contributed by atoms with Crippen molar-refractivity contribution in [2.75, 3.05) is 12.4 Å². The fourth-order valence-corrected chi connectivity index (χ4v) is 7.76. The van der Waals surface area contributed by atoms with Crippen LogP contribution >= 0.6 is 31.9 Å². The lowest BCUT2D eigenvalue weighted by atomic mass is 9.62. The number of halogens is 2. The zero-order chi connectivity index (χ0) is 29.2. The molecule has 6 nitrogen and oxygen atoms in total. The molecule has 8 heteroatoms. The number of hydrogen-bond donors (Lipinski definition) is 1. The van der Waals surface area contributed by atoms with E-state index in [1.807, 2.05) is 65.7 Å². The zero-order valence-electron chi connectivity index (χ0n) is 22.4. The van der Waals surface area contributed by atoms with Crippen LogP contribution in [0.2, 0.25) is 0 Å². The molecule has 3 aliphatic heterocycles. The van der Waals surface area contributed by atoms with Crippen LogP contribution in [-0.4, -0.2) is 35.5 Å². The summed E-state index contributed by atoms with van der Waals surface area (Å²) in [6.45, 7) is 0. The zero-order valence-corrected chi connectivity index (χ0v) is 25.6. The molecule has 0 bridgehead atoms. The summed E-state index contributed by atoms with van der Waals surface area (Å²) in [5.74, 6) is -1.25. The fraction of sp³-hybridized carbons (Fsp3) is 0.147. The van der Waals surface area contributed by atoms with Gasteiger partial charge in [0.1, 0.15) is 17.2 Å². The molecule has 0 saturated carbocycles. The lowest BCUT2D eigenvalue weighted by Gasteiger charge is -2.38. The largest absolute Gasteiger partial charge is 0.496 e. The number of amides is 1. The molecular weight excluding hydrogens is 660 g/mol. The van der Waals surface area contributed by atoms with Crippen molar-refractivity contribution in [3.63, 3.8) is 0 Å². The maximum Gasteiger partial charge on any atom is 0.238 e. The lowest BCUT2D eigenvalue weighted by molar-refractivity contribution is -0.122. The highest BCUT2D eigenvalue weighted by Gasteiger charge is 2.70. The summed E-state index contributed by atoms with van der Waals surface area (Å²) in [6, 6.07) is 26.1. The Balaban J connectivity index is 1.52. The molecule has 3 heterocycles. The van der Waals surface area contributed by atoms with Crippen LogP contribution in [0.25, 0.3) is 6.08 Å². The van der Waals surface area contributed by atoms with Crippen LogP contribution in [0.3, 0.4) is 0 Å². The minimum absolute atomic E-state index is 0.253. The number of rotatable bonds is 5. The highest BCUT2D eigenvalue weighted by Crippen LogP contribution is 2.62. The van der Waals surface area contributed by atoms with Crippen LogP contribution in [0, 0.1) is 5.92 Å². The van der Waals surface area contributed by atoms with E-state index < -0.39 is 23.4 Å². The molecule has 0 aromatic heterocycles. The van der Waals surface area contributed by atoms with Gasteiger partial charge in [0.25, 0.3) is 0 Å². The third-order valence-electron chi connectivity index (χ3n) is 8.69. The van der Waals surface area contributed by atoms with E-state index in [4.69, 9.17) is 4.74 Å². The molecule has 1 spiro atoms. The molecule has 3 aliphatic rings. The predicted molar refractivity (Wildman–Crippen MR) is 168 cm³/mol. The summed E-state index contributed by atoms with van der Waals surface area (Å²) in [4.78, 5) is 46.0. The Hall–Kier alpha value is -4.01. The number of para-hydroxylation sites is 1. The van der Waals surface area contributed by atoms with Crippen LogP contribution < -0.4 is 10.1 Å². The minimum atomic E-state index is -1.37. The topological polar surface area (TPSA) is 75.7 Å². The van der Waals surface area contributed by atoms with E-state index in [2.05, 4.69) is 37.2 Å². The van der Waals surface area contributed by atoms with Crippen molar-refractivity contribution in [3.05, 3.63) is 134 Å². The van der Waals surface area contributed by atoms with Gasteiger partial charge < -0.3 is 15.0 Å². The van der Waals surface area contributed by atoms with Crippen molar-refractivity contribution in [1.29, 1.82) is 0 Å². The van der Waals surface area contributed by atoms with Crippen molar-refractivity contribution < 1.29 is 19.1 Å². The first kappa shape index (κ1) is 26.9. The summed E-state index contributed by atoms with van der Waals surface area (Å²) in [5.41, 5.74) is 2.70. The SMILES string of the molecule is COc1ccc(C(=O)[C@@H]2[C@@H](C(=O)c3ccc(Br)cc3)[C@@]3(C(=O)Nc4ccccc43)[C@H]3c4ccccc4C=CN23)cc1Br. The highest BCUT2D eigenvalue weighted by atomic mass is 79.9. The Kier molecular flexibility index (Phi) is 6.44. The summed E-state index contributed by atoms with van der Waals surface area (Å²) in [5, 5.41) is 3.08. The van der Waals surface area contributed by atoms with Gasteiger partial charge in [0.15, 0.2) is 11.6 Å². The van der Waals surface area contributed by atoms with E-state index in [1.54, 1.807) is 49.6 Å². The van der Waals surface area contributed by atoms with Crippen LogP contribution in [0.15, 0.2) is 106 Å². The number of methoxy groups -OCH3 is 1. The summed E-state index contributed by atoms with van der Waals surface area (Å²) in [7, 11) is 1.56. The molecule has 1 saturated heterocycles. The predicted octanol–water partition coefficient (Wildman–Crippen LogP) is 7.20. The highest BCUT2D eigenvalue weighted by molar-refractivity contribution is 9.10. The number of ether oxygens (including phenoxy) is 1. The number of Topliss-reactive ketones (excluding diaryl/α,β-unsaturated/α-hetero) is 2. The van der Waals surface area contributed by atoms with Crippen molar-refractivity contribution >= 4 is 61.1 Å². The first-order valence-corrected chi connectivity index (χ1v) is 15.1. The first-order chi connectivity index (χ1) is 20.4. The smallest absolute Gasteiger partial charge is 0.238 e. The van der Waals surface area contributed by atoms with Gasteiger partial charge in [-0.2, -0.15) is 0 Å². The summed E-state index contributed by atoms with van der Waals surface area (Å²) in [6.07, 6.45) is 3.83. The van der Waals surface area contributed by atoms with E-state index in [9.17, 15) is 14.4 Å². The quantitative estimate of drug-likeness (QED) is 0.225. The van der Waals surface area contributed by atoms with Crippen molar-refractivity contribution in [3.8, 4) is 5.75 Å². The monoisotopic (exact) mass is 682 g/mol. The second kappa shape index (κ2) is 10.1. The number of carbonyl (C=O) groups is 3. The van der Waals surface area contributed by atoms with E-state index in [1.165, 1.54) is 0 Å². The van der Waals surface area contributed by atoms with Gasteiger partial charge in [0.2, 0.25) is 5.91 Å². The Morgan fingerprint density at radius 2 is 1.60 bits per heavy atom. The number of fused-ring (bicyclic) bond motifs is 6. The Morgan fingerprint density at radius 3 is 2.36 bits per heavy atom. The Morgan fingerprint density at radius 1 is 0.881 bits per heavy atom. The average molecular weight is 684 g/mol. The molecule has 4 aromatic rings. The van der Waals surface area contributed by atoms with Gasteiger partial charge in [0.05, 0.1) is 23.5 Å². The normalized spacial score (nSPS) is 23.3. The van der Waals surface area contributed by atoms with Gasteiger partial charge in [-0.1, -0.05) is 70.5 Å². The van der Waals surface area contributed by atoms with Crippen LogP contribution in [0.4, 0.5) is 5.69 Å². The second-order valence-corrected chi connectivity index (χ2v) is 12.4. The van der Waals surface area contributed by atoms with Gasteiger partial charge in [0, 0.05) is 27.5 Å². The van der Waals surface area contributed by atoms with Gasteiger partial charge in [-0.15, -0.1) is 0 Å². The number of carbonyl (C=O) groups excluding carboxylic acids is 3. The molecule has 42 heavy (non-hydrogen) atoms. The number of nitrogens with zero attached hydrogens (tertiary/aromatic N) is 1. The molecule has 1 fully saturated rings. The molecule has 1 amide bonds. The molecule has 4 atom stereocenters. The maximum absolute atomic E-state index is 14.8. The second-order valence-electron chi connectivity index (χ2n) is 10.7. The lowest BCUT2D eigenvalue weighted by Crippen LogP contribution is -2.49. The molecule has 208 valence electrons. The third kappa shape index (κ3) is 3.78. The Labute approximate surface area is 259 Å². The standard InChI is InChI=1S/C34H24Br2N2O4/c1-42-27-15-12-21(18-25(27)36)31(40)29-28(30(39)20-10-13-22(35)14-11-20)34(24-8-4-5-9-26(24)37-33(34)41)32-23-7-3-2-6-19(23)16-17-38(29)32/h2-18,28-29,32H,1H3,(H,37,41)/t28-,29-,32+,34+/m0/s1. The van der Waals surface area contributed by atoms with Gasteiger partial charge >= 0.3 is 0 Å². The maximum atomic E-state index is 14.8. The molecule has 1 N–H and O–H groups in total. The Bertz CT molecular complexity index is 1820. The van der Waals surface area contributed by atoms with Crippen molar-refractivity contribution in [2.24, 2.45) is 5.92 Å². The molecule has 4 aromatic carbocycles. The van der Waals surface area contributed by atoms with E-state index in [-0.39, 0.29) is 17.5 Å². The molecule has 0 radical (unpaired) electrons. The van der Waals surface area contributed by atoms with Crippen LogP contribution in [0.1, 0.15) is 43.4 Å². The molecule has 7 rings (SSSR count). The number of nitrogens with one attached hydrogen (secondary N) is 1. The minimum Gasteiger partial charge on any atom is -0.496 e. The number of benzene rings is 4. The first-order valence-electron chi connectivity index (χ1n) is 13.5. The third-order valence-corrected chi connectivity index (χ3v) is 9.83. The number of anilines is 1. The van der Waals surface area contributed by atoms with Gasteiger partial charge in [-0.3, -0.25) is 14.4 Å².